The van der Waals surface area contributed by atoms with Crippen molar-refractivity contribution < 1.29 is 28.7 Å². The maximum atomic E-state index is 12.4. The zero-order chi connectivity index (χ0) is 24.0. The van der Waals surface area contributed by atoms with Crippen LogP contribution in [0.3, 0.4) is 0 Å². The molecule has 1 aromatic carbocycles. The minimum atomic E-state index is -0.642. The molecule has 1 N–H and O–H groups in total. The summed E-state index contributed by atoms with van der Waals surface area (Å²) in [6.45, 7) is 6.98. The van der Waals surface area contributed by atoms with E-state index in [9.17, 15) is 19.2 Å². The minimum Gasteiger partial charge on any atom is -0.462 e. The van der Waals surface area contributed by atoms with Crippen LogP contribution in [-0.2, 0) is 14.3 Å². The van der Waals surface area contributed by atoms with Crippen LogP contribution in [0.25, 0.3) is 0 Å². The molecule has 0 saturated heterocycles. The van der Waals surface area contributed by atoms with E-state index >= 15 is 0 Å². The Morgan fingerprint density at radius 2 is 1.66 bits per heavy atom. The number of hydrogen-bond acceptors (Lipinski definition) is 7. The first-order chi connectivity index (χ1) is 15.1. The van der Waals surface area contributed by atoms with Gasteiger partial charge in [0.2, 0.25) is 0 Å². The maximum Gasteiger partial charge on any atom is 0.341 e. The van der Waals surface area contributed by atoms with Gasteiger partial charge in [0.15, 0.2) is 6.61 Å². The van der Waals surface area contributed by atoms with E-state index in [1.165, 1.54) is 4.90 Å². The first kappa shape index (κ1) is 25.1. The second-order valence-corrected chi connectivity index (χ2v) is 8.60. The molecule has 172 valence electrons. The van der Waals surface area contributed by atoms with E-state index in [0.717, 1.165) is 16.9 Å². The highest BCUT2D eigenvalue weighted by Crippen LogP contribution is 2.34. The lowest BCUT2D eigenvalue weighted by molar-refractivity contribution is -0.119. The van der Waals surface area contributed by atoms with Crippen LogP contribution in [0, 0.1) is 6.92 Å². The second-order valence-electron chi connectivity index (χ2n) is 7.58. The van der Waals surface area contributed by atoms with Crippen LogP contribution in [-0.4, -0.2) is 56.0 Å². The van der Waals surface area contributed by atoms with Crippen molar-refractivity contribution in [2.75, 3.05) is 32.6 Å². The number of esters is 2. The number of anilines is 1. The molecule has 0 spiro atoms. The number of hydrogen-bond donors (Lipinski definition) is 1. The van der Waals surface area contributed by atoms with Crippen molar-refractivity contribution in [1.29, 1.82) is 0 Å². The van der Waals surface area contributed by atoms with Gasteiger partial charge in [0.1, 0.15) is 5.00 Å². The molecule has 0 atom stereocenters. The van der Waals surface area contributed by atoms with Crippen molar-refractivity contribution in [3.05, 3.63) is 51.4 Å². The molecule has 2 aromatic rings. The summed E-state index contributed by atoms with van der Waals surface area (Å²) in [5.41, 5.74) is 1.96. The zero-order valence-electron chi connectivity index (χ0n) is 19.1. The second kappa shape index (κ2) is 10.9. The van der Waals surface area contributed by atoms with Crippen LogP contribution in [0.1, 0.15) is 68.2 Å². The third-order valence-corrected chi connectivity index (χ3v) is 5.82. The van der Waals surface area contributed by atoms with E-state index in [-0.39, 0.29) is 23.1 Å². The predicted octanol–water partition coefficient (Wildman–Crippen LogP) is 3.85. The summed E-state index contributed by atoms with van der Waals surface area (Å²) in [4.78, 5) is 51.2. The summed E-state index contributed by atoms with van der Waals surface area (Å²) in [6, 6.07) is 6.97. The largest absolute Gasteiger partial charge is 0.462 e. The number of carbonyl (C=O) groups is 4. The lowest BCUT2D eigenvalue weighted by atomic mass is 10.0. The highest BCUT2D eigenvalue weighted by Gasteiger charge is 2.27. The summed E-state index contributed by atoms with van der Waals surface area (Å²) in [5, 5.41) is 2.74. The van der Waals surface area contributed by atoms with Gasteiger partial charge >= 0.3 is 11.9 Å². The molecule has 0 aliphatic carbocycles. The molecule has 0 saturated carbocycles. The number of rotatable bonds is 8. The molecule has 0 fully saturated rings. The lowest BCUT2D eigenvalue weighted by Gasteiger charge is -2.09. The van der Waals surface area contributed by atoms with Gasteiger partial charge in [-0.1, -0.05) is 26.0 Å². The summed E-state index contributed by atoms with van der Waals surface area (Å²) >= 11 is 0.975. The van der Waals surface area contributed by atoms with Crippen LogP contribution in [0.15, 0.2) is 24.3 Å². The van der Waals surface area contributed by atoms with Gasteiger partial charge in [0.25, 0.3) is 11.8 Å². The van der Waals surface area contributed by atoms with Gasteiger partial charge in [0.05, 0.1) is 22.6 Å². The van der Waals surface area contributed by atoms with Crippen LogP contribution in [0.5, 0.6) is 0 Å². The number of ether oxygens (including phenoxy) is 2. The SMILES string of the molecule is CCOC(=O)c1c(NC(=O)COC(=O)c2ccc(C(C)C)cc2)sc(C(=O)N(C)C)c1C. The number of nitrogens with one attached hydrogen (secondary N) is 1. The molecule has 1 heterocycles. The van der Waals surface area contributed by atoms with Crippen molar-refractivity contribution in [1.82, 2.24) is 4.90 Å². The number of thiophene rings is 1. The third-order valence-electron chi connectivity index (χ3n) is 4.63. The van der Waals surface area contributed by atoms with Crippen molar-refractivity contribution in [2.45, 2.75) is 33.6 Å². The van der Waals surface area contributed by atoms with Gasteiger partial charge in [-0.3, -0.25) is 9.59 Å². The van der Waals surface area contributed by atoms with Crippen LogP contribution < -0.4 is 5.32 Å². The highest BCUT2D eigenvalue weighted by molar-refractivity contribution is 7.18. The number of carbonyl (C=O) groups excluding carboxylic acids is 4. The molecule has 0 radical (unpaired) electrons. The molecule has 8 nitrogen and oxygen atoms in total. The van der Waals surface area contributed by atoms with Crippen LogP contribution >= 0.6 is 11.3 Å². The fraction of sp³-hybridized carbons (Fsp3) is 0.391. The Bertz CT molecular complexity index is 1010. The predicted molar refractivity (Wildman–Crippen MR) is 122 cm³/mol. The molecule has 9 heteroatoms. The Morgan fingerprint density at radius 1 is 1.03 bits per heavy atom. The number of amides is 2. The van der Waals surface area contributed by atoms with Crippen LogP contribution in [0.2, 0.25) is 0 Å². The standard InChI is InChI=1S/C23H28N2O6S/c1-7-30-23(29)18-14(4)19(21(27)25(5)6)32-20(18)24-17(26)12-31-22(28)16-10-8-15(9-11-16)13(2)3/h8-11,13H,7,12H2,1-6H3,(H,24,26). The molecule has 0 unspecified atom stereocenters. The van der Waals surface area contributed by atoms with E-state index in [4.69, 9.17) is 9.47 Å². The third kappa shape index (κ3) is 5.94. The monoisotopic (exact) mass is 460 g/mol. The quantitative estimate of drug-likeness (QED) is 0.601. The first-order valence-electron chi connectivity index (χ1n) is 10.2. The van der Waals surface area contributed by atoms with Gasteiger partial charge in [-0.05, 0) is 43.0 Å². The molecular weight excluding hydrogens is 432 g/mol. The summed E-state index contributed by atoms with van der Waals surface area (Å²) in [6.07, 6.45) is 0. The van der Waals surface area contributed by atoms with Gasteiger partial charge in [-0.15, -0.1) is 11.3 Å². The number of nitrogens with zero attached hydrogens (tertiary/aromatic N) is 1. The van der Waals surface area contributed by atoms with E-state index in [1.54, 1.807) is 40.1 Å². The van der Waals surface area contributed by atoms with E-state index in [0.29, 0.717) is 21.9 Å². The maximum absolute atomic E-state index is 12.4. The van der Waals surface area contributed by atoms with Crippen molar-refractivity contribution in [3.63, 3.8) is 0 Å². The number of benzene rings is 1. The molecule has 2 rings (SSSR count). The van der Waals surface area contributed by atoms with E-state index < -0.39 is 24.5 Å². The minimum absolute atomic E-state index is 0.117. The lowest BCUT2D eigenvalue weighted by Crippen LogP contribution is -2.22. The summed E-state index contributed by atoms with van der Waals surface area (Å²) in [5.74, 6) is -1.87. The molecule has 1 aromatic heterocycles. The summed E-state index contributed by atoms with van der Waals surface area (Å²) < 4.78 is 10.2. The van der Waals surface area contributed by atoms with E-state index in [2.05, 4.69) is 5.32 Å². The molecule has 0 bridgehead atoms. The Hall–Kier alpha value is -3.20. The molecular formula is C23H28N2O6S. The van der Waals surface area contributed by atoms with E-state index in [1.807, 2.05) is 26.0 Å². The van der Waals surface area contributed by atoms with Gasteiger partial charge in [0, 0.05) is 14.1 Å². The normalized spacial score (nSPS) is 10.6. The molecule has 2 amide bonds. The fourth-order valence-electron chi connectivity index (χ4n) is 2.84. The Morgan fingerprint density at radius 3 is 2.19 bits per heavy atom. The Kier molecular flexibility index (Phi) is 8.54. The van der Waals surface area contributed by atoms with Crippen LogP contribution in [0.4, 0.5) is 5.00 Å². The molecule has 0 aliphatic heterocycles. The Labute approximate surface area is 191 Å². The van der Waals surface area contributed by atoms with Gasteiger partial charge in [-0.2, -0.15) is 0 Å². The highest BCUT2D eigenvalue weighted by atomic mass is 32.1. The summed E-state index contributed by atoms with van der Waals surface area (Å²) in [7, 11) is 3.19. The zero-order valence-corrected chi connectivity index (χ0v) is 19.9. The first-order valence-corrected chi connectivity index (χ1v) is 11.0. The average molecular weight is 461 g/mol. The van der Waals surface area contributed by atoms with Gasteiger partial charge < -0.3 is 19.7 Å². The van der Waals surface area contributed by atoms with Crippen molar-refractivity contribution in [2.24, 2.45) is 0 Å². The topological polar surface area (TPSA) is 102 Å². The smallest absolute Gasteiger partial charge is 0.341 e. The molecule has 32 heavy (non-hydrogen) atoms. The fourth-order valence-corrected chi connectivity index (χ4v) is 4.07. The molecule has 0 aliphatic rings. The van der Waals surface area contributed by atoms with Crippen molar-refractivity contribution in [3.8, 4) is 0 Å². The Balaban J connectivity index is 2.14. The average Bonchev–Trinajstić information content (AvgIpc) is 3.07. The van der Waals surface area contributed by atoms with Crippen molar-refractivity contribution >= 4 is 40.1 Å². The van der Waals surface area contributed by atoms with Gasteiger partial charge in [-0.25, -0.2) is 9.59 Å².